The molecule has 6 heteroatoms. The van der Waals surface area contributed by atoms with Crippen LogP contribution in [0.4, 0.5) is 5.69 Å². The molecule has 18 heavy (non-hydrogen) atoms. The van der Waals surface area contributed by atoms with Crippen molar-refractivity contribution in [3.05, 3.63) is 29.8 Å². The number of nitrogens with zero attached hydrogens (tertiary/aromatic N) is 1. The first-order chi connectivity index (χ1) is 8.45. The van der Waals surface area contributed by atoms with Crippen molar-refractivity contribution >= 4 is 23.5 Å². The van der Waals surface area contributed by atoms with Gasteiger partial charge < -0.3 is 15.1 Å². The summed E-state index contributed by atoms with van der Waals surface area (Å²) in [5, 5.41) is 18.0. The maximum Gasteiger partial charge on any atom is 0.319 e. The van der Waals surface area contributed by atoms with Crippen LogP contribution in [0.3, 0.4) is 0 Å². The molecule has 0 radical (unpaired) electrons. The zero-order chi connectivity index (χ0) is 13.4. The summed E-state index contributed by atoms with van der Waals surface area (Å²) in [6.07, 6.45) is 0. The van der Waals surface area contributed by atoms with Gasteiger partial charge >= 0.3 is 11.9 Å². The first-order valence-corrected chi connectivity index (χ1v) is 5.27. The van der Waals surface area contributed by atoms with Crippen molar-refractivity contribution in [2.45, 2.75) is 5.92 Å². The first kappa shape index (κ1) is 12.1. The quantitative estimate of drug-likeness (QED) is 0.762. The minimum atomic E-state index is -1.76. The number of hydrogen-bond acceptors (Lipinski definition) is 3. The number of carbonyl (C=O) groups excluding carboxylic acids is 1. The van der Waals surface area contributed by atoms with Gasteiger partial charge in [-0.05, 0) is 11.6 Å². The highest BCUT2D eigenvalue weighted by molar-refractivity contribution is 6.10. The van der Waals surface area contributed by atoms with Crippen LogP contribution in [0.1, 0.15) is 11.5 Å². The Hall–Kier alpha value is -2.37. The fraction of sp³-hybridized carbons (Fsp3) is 0.250. The highest BCUT2D eigenvalue weighted by Crippen LogP contribution is 2.40. The third-order valence-corrected chi connectivity index (χ3v) is 3.10. The number of carboxylic acids is 2. The van der Waals surface area contributed by atoms with Crippen molar-refractivity contribution in [3.8, 4) is 0 Å². The molecule has 1 atom stereocenters. The number of aliphatic carboxylic acids is 2. The van der Waals surface area contributed by atoms with E-state index in [-0.39, 0.29) is 0 Å². The molecule has 6 nitrogen and oxygen atoms in total. The van der Waals surface area contributed by atoms with Gasteiger partial charge in [0.15, 0.2) is 5.92 Å². The maximum atomic E-state index is 12.0. The highest BCUT2D eigenvalue weighted by atomic mass is 16.4. The van der Waals surface area contributed by atoms with Gasteiger partial charge in [0.05, 0.1) is 5.92 Å². The lowest BCUT2D eigenvalue weighted by atomic mass is 9.87. The summed E-state index contributed by atoms with van der Waals surface area (Å²) in [5.74, 6) is -6.45. The lowest BCUT2D eigenvalue weighted by molar-refractivity contribution is -0.157. The zero-order valence-corrected chi connectivity index (χ0v) is 9.53. The number of fused-ring (bicyclic) bond motifs is 1. The summed E-state index contributed by atoms with van der Waals surface area (Å²) in [6, 6.07) is 6.61. The number of para-hydroxylation sites is 1. The topological polar surface area (TPSA) is 94.9 Å². The molecule has 1 amide bonds. The Bertz CT molecular complexity index is 525. The van der Waals surface area contributed by atoms with Crippen molar-refractivity contribution in [3.63, 3.8) is 0 Å². The second-order valence-electron chi connectivity index (χ2n) is 4.09. The summed E-state index contributed by atoms with van der Waals surface area (Å²) < 4.78 is 0. The fourth-order valence-electron chi connectivity index (χ4n) is 2.23. The molecule has 1 heterocycles. The van der Waals surface area contributed by atoms with Gasteiger partial charge in [-0.15, -0.1) is 0 Å². The fourth-order valence-corrected chi connectivity index (χ4v) is 2.23. The molecule has 1 aliphatic rings. The lowest BCUT2D eigenvalue weighted by Gasteiger charge is -2.15. The lowest BCUT2D eigenvalue weighted by Crippen LogP contribution is -2.36. The number of carboxylic acid groups (broad SMARTS) is 2. The predicted octanol–water partition coefficient (Wildman–Crippen LogP) is 0.532. The Morgan fingerprint density at radius 3 is 2.33 bits per heavy atom. The molecular weight excluding hydrogens is 238 g/mol. The van der Waals surface area contributed by atoms with Crippen molar-refractivity contribution in [2.24, 2.45) is 5.92 Å². The molecule has 0 saturated carbocycles. The van der Waals surface area contributed by atoms with Crippen molar-refractivity contribution in [2.75, 3.05) is 11.9 Å². The van der Waals surface area contributed by atoms with Gasteiger partial charge in [0.1, 0.15) is 0 Å². The highest BCUT2D eigenvalue weighted by Gasteiger charge is 2.47. The molecule has 1 aromatic carbocycles. The molecule has 0 unspecified atom stereocenters. The van der Waals surface area contributed by atoms with Crippen LogP contribution in [-0.4, -0.2) is 35.1 Å². The first-order valence-electron chi connectivity index (χ1n) is 5.27. The molecule has 0 fully saturated rings. The number of amides is 1. The summed E-state index contributed by atoms with van der Waals surface area (Å²) in [4.78, 5) is 35.4. The minimum absolute atomic E-state index is 0.444. The molecule has 2 rings (SSSR count). The number of benzene rings is 1. The largest absolute Gasteiger partial charge is 0.481 e. The molecular formula is C12H11NO5. The van der Waals surface area contributed by atoms with Gasteiger partial charge in [0.2, 0.25) is 5.91 Å². The molecule has 0 spiro atoms. The van der Waals surface area contributed by atoms with Gasteiger partial charge in [-0.25, -0.2) is 0 Å². The molecule has 0 aromatic heterocycles. The van der Waals surface area contributed by atoms with Crippen LogP contribution in [0.25, 0.3) is 0 Å². The number of anilines is 1. The van der Waals surface area contributed by atoms with Gasteiger partial charge in [0, 0.05) is 12.7 Å². The van der Waals surface area contributed by atoms with Gasteiger partial charge in [-0.2, -0.15) is 0 Å². The maximum absolute atomic E-state index is 12.0. The number of hydrogen-bond donors (Lipinski definition) is 2. The van der Waals surface area contributed by atoms with E-state index in [1.165, 1.54) is 11.9 Å². The molecule has 1 aromatic rings. The second-order valence-corrected chi connectivity index (χ2v) is 4.09. The Morgan fingerprint density at radius 1 is 1.22 bits per heavy atom. The molecule has 0 aliphatic carbocycles. The molecule has 0 saturated heterocycles. The van der Waals surface area contributed by atoms with Gasteiger partial charge in [-0.3, -0.25) is 14.4 Å². The van der Waals surface area contributed by atoms with Crippen LogP contribution in [-0.2, 0) is 14.4 Å². The third kappa shape index (κ3) is 1.62. The molecule has 0 bridgehead atoms. The van der Waals surface area contributed by atoms with Gasteiger partial charge in [0.25, 0.3) is 0 Å². The van der Waals surface area contributed by atoms with E-state index < -0.39 is 29.7 Å². The number of carbonyl (C=O) groups is 3. The van der Waals surface area contributed by atoms with E-state index in [1.54, 1.807) is 24.3 Å². The average molecular weight is 249 g/mol. The zero-order valence-electron chi connectivity index (χ0n) is 9.53. The van der Waals surface area contributed by atoms with E-state index >= 15 is 0 Å². The van der Waals surface area contributed by atoms with Crippen LogP contribution in [0, 0.1) is 5.92 Å². The van der Waals surface area contributed by atoms with Crippen molar-refractivity contribution < 1.29 is 24.6 Å². The smallest absolute Gasteiger partial charge is 0.319 e. The predicted molar refractivity (Wildman–Crippen MR) is 61.4 cm³/mol. The van der Waals surface area contributed by atoms with Crippen molar-refractivity contribution in [1.82, 2.24) is 0 Å². The number of likely N-dealkylation sites (N-methyl/N-ethyl adjacent to an activating group) is 1. The average Bonchev–Trinajstić information content (AvgIpc) is 2.55. The molecule has 2 N–H and O–H groups in total. The summed E-state index contributed by atoms with van der Waals surface area (Å²) in [7, 11) is 1.50. The Labute approximate surface area is 102 Å². The SMILES string of the molecule is CN1C(=O)[C@@H](C(C(=O)O)C(=O)O)c2ccccc21. The molecule has 1 aliphatic heterocycles. The summed E-state index contributed by atoms with van der Waals surface area (Å²) in [6.45, 7) is 0. The Kier molecular flexibility index (Phi) is 2.78. The van der Waals surface area contributed by atoms with E-state index in [9.17, 15) is 14.4 Å². The van der Waals surface area contributed by atoms with E-state index in [2.05, 4.69) is 0 Å². The van der Waals surface area contributed by atoms with Crippen LogP contribution in [0.15, 0.2) is 24.3 Å². The standard InChI is InChI=1S/C12H11NO5/c1-13-7-5-3-2-4-6(7)8(10(13)14)9(11(15)16)12(17)18/h2-5,8-9H,1H3,(H,15,16)(H,17,18)/t8-/m1/s1. The normalized spacial score (nSPS) is 18.0. The van der Waals surface area contributed by atoms with Crippen LogP contribution < -0.4 is 4.90 Å². The third-order valence-electron chi connectivity index (χ3n) is 3.10. The molecule has 94 valence electrons. The van der Waals surface area contributed by atoms with Crippen molar-refractivity contribution in [1.29, 1.82) is 0 Å². The second kappa shape index (κ2) is 4.14. The van der Waals surface area contributed by atoms with E-state index in [0.29, 0.717) is 11.3 Å². The Balaban J connectivity index is 2.55. The summed E-state index contributed by atoms with van der Waals surface area (Å²) >= 11 is 0. The van der Waals surface area contributed by atoms with Crippen LogP contribution in [0.5, 0.6) is 0 Å². The van der Waals surface area contributed by atoms with E-state index in [0.717, 1.165) is 0 Å². The van der Waals surface area contributed by atoms with Gasteiger partial charge in [-0.1, -0.05) is 18.2 Å². The minimum Gasteiger partial charge on any atom is -0.481 e. The Morgan fingerprint density at radius 2 is 1.78 bits per heavy atom. The van der Waals surface area contributed by atoms with E-state index in [1.807, 2.05) is 0 Å². The number of rotatable bonds is 3. The van der Waals surface area contributed by atoms with Crippen LogP contribution in [0.2, 0.25) is 0 Å². The summed E-state index contributed by atoms with van der Waals surface area (Å²) in [5.41, 5.74) is 1.000. The monoisotopic (exact) mass is 249 g/mol. The van der Waals surface area contributed by atoms with Crippen LogP contribution >= 0.6 is 0 Å². The van der Waals surface area contributed by atoms with E-state index in [4.69, 9.17) is 10.2 Å².